The molecule has 0 bridgehead atoms. The van der Waals surface area contributed by atoms with Gasteiger partial charge in [-0.05, 0) is 50.7 Å². The Bertz CT molecular complexity index is 396. The van der Waals surface area contributed by atoms with Crippen molar-refractivity contribution in [3.05, 3.63) is 26.4 Å². The molecule has 0 amide bonds. The highest BCUT2D eigenvalue weighted by molar-refractivity contribution is 14.1. The number of hydrogen-bond donors (Lipinski definition) is 1. The van der Waals surface area contributed by atoms with E-state index in [0.29, 0.717) is 0 Å². The number of aromatic nitrogens is 2. The summed E-state index contributed by atoms with van der Waals surface area (Å²) in [6.07, 6.45) is 0. The lowest BCUT2D eigenvalue weighted by Gasteiger charge is -1.90. The second-order valence-corrected chi connectivity index (χ2v) is 4.13. The highest BCUT2D eigenvalue weighted by Crippen LogP contribution is 2.25. The molecule has 0 unspecified atom stereocenters. The minimum Gasteiger partial charge on any atom is -0.270 e. The van der Waals surface area contributed by atoms with Gasteiger partial charge in [0.05, 0.1) is 5.52 Å². The van der Waals surface area contributed by atoms with Crippen LogP contribution in [0.3, 0.4) is 0 Å². The molecule has 56 valence electrons. The van der Waals surface area contributed by atoms with Gasteiger partial charge in [0, 0.05) is 8.96 Å². The molecule has 1 aromatic carbocycles. The molecular weight excluding hydrogens is 319 g/mol. The van der Waals surface area contributed by atoms with Gasteiger partial charge in [0.15, 0.2) is 0 Å². The van der Waals surface area contributed by atoms with E-state index in [0.717, 1.165) is 15.5 Å². The average molecular weight is 323 g/mol. The van der Waals surface area contributed by atoms with Crippen LogP contribution in [0.1, 0.15) is 0 Å². The number of halogens is 2. The van der Waals surface area contributed by atoms with Gasteiger partial charge in [0.25, 0.3) is 0 Å². The number of nitrogens with one attached hydrogen (secondary N) is 1. The topological polar surface area (TPSA) is 28.7 Å². The Labute approximate surface area is 85.6 Å². The smallest absolute Gasteiger partial charge is 0.109 e. The lowest BCUT2D eigenvalue weighted by molar-refractivity contribution is 1.10. The van der Waals surface area contributed by atoms with Crippen LogP contribution in [0.15, 0.2) is 22.8 Å². The van der Waals surface area contributed by atoms with Crippen LogP contribution in [0.5, 0.6) is 0 Å². The highest BCUT2D eigenvalue weighted by atomic mass is 127. The summed E-state index contributed by atoms with van der Waals surface area (Å²) >= 11 is 5.69. The van der Waals surface area contributed by atoms with E-state index in [2.05, 4.69) is 54.8 Å². The molecule has 11 heavy (non-hydrogen) atoms. The third-order valence-corrected chi connectivity index (χ3v) is 2.96. The summed E-state index contributed by atoms with van der Waals surface area (Å²) in [4.78, 5) is 0. The van der Waals surface area contributed by atoms with Gasteiger partial charge in [-0.15, -0.1) is 0 Å². The SMILES string of the molecule is Brc1[nH]nc2cccc(I)c12. The van der Waals surface area contributed by atoms with E-state index in [9.17, 15) is 0 Å². The van der Waals surface area contributed by atoms with E-state index in [1.165, 1.54) is 3.57 Å². The Morgan fingerprint density at radius 3 is 3.00 bits per heavy atom. The molecule has 0 atom stereocenters. The monoisotopic (exact) mass is 322 g/mol. The number of hydrogen-bond acceptors (Lipinski definition) is 1. The number of rotatable bonds is 0. The Hall–Kier alpha value is -0.100. The summed E-state index contributed by atoms with van der Waals surface area (Å²) in [6, 6.07) is 6.04. The maximum Gasteiger partial charge on any atom is 0.109 e. The Kier molecular flexibility index (Phi) is 1.88. The molecule has 0 saturated carbocycles. The second kappa shape index (κ2) is 2.75. The van der Waals surface area contributed by atoms with Crippen LogP contribution in [0.4, 0.5) is 0 Å². The molecule has 0 spiro atoms. The predicted molar refractivity (Wildman–Crippen MR) is 56.5 cm³/mol. The maximum absolute atomic E-state index is 4.10. The number of H-pyrrole nitrogens is 1. The van der Waals surface area contributed by atoms with E-state index in [-0.39, 0.29) is 0 Å². The van der Waals surface area contributed by atoms with E-state index in [1.54, 1.807) is 0 Å². The molecule has 1 heterocycles. The molecule has 2 nitrogen and oxygen atoms in total. The average Bonchev–Trinajstić information content (AvgIpc) is 2.34. The maximum atomic E-state index is 4.10. The van der Waals surface area contributed by atoms with Crippen molar-refractivity contribution in [3.63, 3.8) is 0 Å². The lowest BCUT2D eigenvalue weighted by atomic mass is 10.3. The Morgan fingerprint density at radius 1 is 1.45 bits per heavy atom. The molecule has 0 fully saturated rings. The zero-order valence-corrected chi connectivity index (χ0v) is 9.18. The molecular formula is C7H4BrIN2. The summed E-state index contributed by atoms with van der Waals surface area (Å²) in [5.74, 6) is 0. The van der Waals surface area contributed by atoms with E-state index < -0.39 is 0 Å². The van der Waals surface area contributed by atoms with Crippen molar-refractivity contribution >= 4 is 49.4 Å². The minimum atomic E-state index is 0.956. The number of aromatic amines is 1. The fourth-order valence-electron chi connectivity index (χ4n) is 0.988. The van der Waals surface area contributed by atoms with Crippen molar-refractivity contribution in [2.24, 2.45) is 0 Å². The van der Waals surface area contributed by atoms with Gasteiger partial charge in [-0.2, -0.15) is 5.10 Å². The van der Waals surface area contributed by atoms with Crippen LogP contribution >= 0.6 is 38.5 Å². The van der Waals surface area contributed by atoms with Crippen LogP contribution in [-0.4, -0.2) is 10.2 Å². The summed E-state index contributed by atoms with van der Waals surface area (Å²) in [5, 5.41) is 8.14. The summed E-state index contributed by atoms with van der Waals surface area (Å²) in [5.41, 5.74) is 1.00. The van der Waals surface area contributed by atoms with Crippen molar-refractivity contribution in [1.29, 1.82) is 0 Å². The van der Waals surface area contributed by atoms with Crippen LogP contribution in [-0.2, 0) is 0 Å². The first-order chi connectivity index (χ1) is 5.29. The summed E-state index contributed by atoms with van der Waals surface area (Å²) in [6.45, 7) is 0. The lowest BCUT2D eigenvalue weighted by Crippen LogP contribution is -1.71. The first kappa shape index (κ1) is 7.54. The molecule has 0 aliphatic heterocycles. The minimum absolute atomic E-state index is 0.956. The standard InChI is InChI=1S/C7H4BrIN2/c8-7-6-4(9)2-1-3-5(6)10-11-7/h1-3H,(H,10,11). The highest BCUT2D eigenvalue weighted by Gasteiger charge is 2.04. The van der Waals surface area contributed by atoms with E-state index in [4.69, 9.17) is 0 Å². The first-order valence-corrected chi connectivity index (χ1v) is 4.94. The van der Waals surface area contributed by atoms with Crippen molar-refractivity contribution in [2.75, 3.05) is 0 Å². The van der Waals surface area contributed by atoms with Gasteiger partial charge < -0.3 is 0 Å². The third kappa shape index (κ3) is 1.18. The molecule has 1 aromatic heterocycles. The fourth-order valence-corrected chi connectivity index (χ4v) is 2.62. The third-order valence-electron chi connectivity index (χ3n) is 1.49. The van der Waals surface area contributed by atoms with Gasteiger partial charge in [-0.3, -0.25) is 5.10 Å². The number of benzene rings is 1. The van der Waals surface area contributed by atoms with E-state index in [1.807, 2.05) is 12.1 Å². The van der Waals surface area contributed by atoms with Gasteiger partial charge in [0.1, 0.15) is 4.60 Å². The molecule has 2 aromatic rings. The molecule has 0 saturated heterocycles. The van der Waals surface area contributed by atoms with E-state index >= 15 is 0 Å². The quantitative estimate of drug-likeness (QED) is 0.742. The molecule has 0 radical (unpaired) electrons. The van der Waals surface area contributed by atoms with Crippen molar-refractivity contribution < 1.29 is 0 Å². The fraction of sp³-hybridized carbons (Fsp3) is 0. The van der Waals surface area contributed by atoms with Gasteiger partial charge in [-0.1, -0.05) is 6.07 Å². The predicted octanol–water partition coefficient (Wildman–Crippen LogP) is 2.93. The molecule has 0 aliphatic rings. The second-order valence-electron chi connectivity index (χ2n) is 2.17. The van der Waals surface area contributed by atoms with Gasteiger partial charge in [0.2, 0.25) is 0 Å². The Morgan fingerprint density at radius 2 is 2.27 bits per heavy atom. The molecule has 0 aliphatic carbocycles. The largest absolute Gasteiger partial charge is 0.270 e. The van der Waals surface area contributed by atoms with Crippen LogP contribution < -0.4 is 0 Å². The number of fused-ring (bicyclic) bond motifs is 1. The van der Waals surface area contributed by atoms with Gasteiger partial charge >= 0.3 is 0 Å². The Balaban J connectivity index is 2.96. The van der Waals surface area contributed by atoms with Crippen LogP contribution in [0.25, 0.3) is 10.9 Å². The first-order valence-electron chi connectivity index (χ1n) is 3.07. The van der Waals surface area contributed by atoms with Crippen LogP contribution in [0.2, 0.25) is 0 Å². The van der Waals surface area contributed by atoms with Crippen molar-refractivity contribution in [3.8, 4) is 0 Å². The summed E-state index contributed by atoms with van der Waals surface area (Å²) < 4.78 is 2.17. The molecule has 2 rings (SSSR count). The van der Waals surface area contributed by atoms with Crippen molar-refractivity contribution in [2.45, 2.75) is 0 Å². The zero-order valence-electron chi connectivity index (χ0n) is 5.44. The summed E-state index contributed by atoms with van der Waals surface area (Å²) in [7, 11) is 0. The normalized spacial score (nSPS) is 10.7. The van der Waals surface area contributed by atoms with Crippen LogP contribution in [0, 0.1) is 3.57 Å². The molecule has 1 N–H and O–H groups in total. The molecule has 4 heteroatoms. The van der Waals surface area contributed by atoms with Gasteiger partial charge in [-0.25, -0.2) is 0 Å². The van der Waals surface area contributed by atoms with Crippen molar-refractivity contribution in [1.82, 2.24) is 10.2 Å². The number of nitrogens with zero attached hydrogens (tertiary/aromatic N) is 1. The zero-order chi connectivity index (χ0) is 7.84.